The highest BCUT2D eigenvalue weighted by Crippen LogP contribution is 2.43. The zero-order valence-corrected chi connectivity index (χ0v) is 10.7. The van der Waals surface area contributed by atoms with Crippen LogP contribution in [0.1, 0.15) is 35.2 Å². The Morgan fingerprint density at radius 1 is 0.895 bits per heavy atom. The number of allylic oxidation sites excluding steroid dienone is 2. The lowest BCUT2D eigenvalue weighted by molar-refractivity contribution is 0.474. The average Bonchev–Trinajstić information content (AvgIpc) is 2.46. The van der Waals surface area contributed by atoms with Crippen molar-refractivity contribution in [2.24, 2.45) is 0 Å². The van der Waals surface area contributed by atoms with Gasteiger partial charge >= 0.3 is 0 Å². The predicted molar refractivity (Wildman–Crippen MR) is 75.8 cm³/mol. The lowest BCUT2D eigenvalue weighted by Gasteiger charge is -2.28. The number of pyridine rings is 1. The number of phenolic OH excluding ortho intramolecular Hbond substituents is 1. The van der Waals surface area contributed by atoms with Crippen molar-refractivity contribution in [3.8, 4) is 5.75 Å². The van der Waals surface area contributed by atoms with E-state index in [1.54, 1.807) is 6.07 Å². The van der Waals surface area contributed by atoms with E-state index in [1.807, 2.05) is 18.3 Å². The molecule has 2 aromatic rings. The van der Waals surface area contributed by atoms with Crippen molar-refractivity contribution >= 4 is 11.1 Å². The summed E-state index contributed by atoms with van der Waals surface area (Å²) in [6.07, 6.45) is 6.09. The first-order valence-corrected chi connectivity index (χ1v) is 6.81. The van der Waals surface area contributed by atoms with Crippen LogP contribution in [0.2, 0.25) is 0 Å². The van der Waals surface area contributed by atoms with Gasteiger partial charge in [0.1, 0.15) is 5.75 Å². The molecule has 94 valence electrons. The lowest BCUT2D eigenvalue weighted by Crippen LogP contribution is -2.12. The molecule has 2 aliphatic carbocycles. The van der Waals surface area contributed by atoms with Gasteiger partial charge < -0.3 is 5.11 Å². The second-order valence-corrected chi connectivity index (χ2v) is 5.31. The van der Waals surface area contributed by atoms with Gasteiger partial charge in [-0.2, -0.15) is 0 Å². The van der Waals surface area contributed by atoms with Gasteiger partial charge in [-0.3, -0.25) is 4.98 Å². The van der Waals surface area contributed by atoms with Crippen molar-refractivity contribution < 1.29 is 5.11 Å². The molecule has 1 heterocycles. The predicted octanol–water partition coefficient (Wildman–Crippen LogP) is 3.59. The summed E-state index contributed by atoms with van der Waals surface area (Å²) in [5.41, 5.74) is 8.02. The molecule has 0 fully saturated rings. The van der Waals surface area contributed by atoms with Crippen LogP contribution in [0.3, 0.4) is 0 Å². The van der Waals surface area contributed by atoms with Crippen LogP contribution in [0.5, 0.6) is 5.75 Å². The number of nitrogens with zero attached hydrogens (tertiary/aromatic N) is 1. The molecule has 2 nitrogen and oxygen atoms in total. The summed E-state index contributed by atoms with van der Waals surface area (Å²) in [5.74, 6) is 0.372. The van der Waals surface area contributed by atoms with E-state index in [4.69, 9.17) is 0 Å². The molecular formula is C17H15NO. The molecule has 0 spiro atoms. The summed E-state index contributed by atoms with van der Waals surface area (Å²) in [6.45, 7) is 0. The number of aryl methyl sites for hydroxylation is 2. The van der Waals surface area contributed by atoms with Crippen LogP contribution >= 0.6 is 0 Å². The van der Waals surface area contributed by atoms with Crippen LogP contribution in [0.4, 0.5) is 0 Å². The first-order valence-electron chi connectivity index (χ1n) is 6.81. The van der Waals surface area contributed by atoms with Gasteiger partial charge in [0.15, 0.2) is 0 Å². The summed E-state index contributed by atoms with van der Waals surface area (Å²) in [6, 6.07) is 9.99. The number of phenols is 1. The molecule has 0 amide bonds. The van der Waals surface area contributed by atoms with E-state index >= 15 is 0 Å². The normalized spacial score (nSPS) is 16.6. The fraction of sp³-hybridized carbons (Fsp3) is 0.235. The number of benzene rings is 1. The van der Waals surface area contributed by atoms with Crippen LogP contribution in [0.15, 0.2) is 36.5 Å². The van der Waals surface area contributed by atoms with Gasteiger partial charge in [0.25, 0.3) is 0 Å². The summed E-state index contributed by atoms with van der Waals surface area (Å²) < 4.78 is 0. The quantitative estimate of drug-likeness (QED) is 0.774. The maximum atomic E-state index is 9.61. The molecule has 0 bridgehead atoms. The van der Waals surface area contributed by atoms with E-state index in [2.05, 4.69) is 17.1 Å². The highest BCUT2D eigenvalue weighted by molar-refractivity contribution is 5.94. The Labute approximate surface area is 112 Å². The van der Waals surface area contributed by atoms with Gasteiger partial charge in [0.2, 0.25) is 0 Å². The molecule has 0 atom stereocenters. The van der Waals surface area contributed by atoms with E-state index in [9.17, 15) is 5.11 Å². The molecular weight excluding hydrogens is 234 g/mol. The third kappa shape index (κ3) is 1.60. The molecule has 1 aromatic heterocycles. The summed E-state index contributed by atoms with van der Waals surface area (Å²) in [7, 11) is 0. The number of aromatic nitrogens is 1. The van der Waals surface area contributed by atoms with Crippen molar-refractivity contribution in [3.63, 3.8) is 0 Å². The standard InChI is InChI=1S/C17H15NO/c19-13-5-8-14-12(10-13)4-7-16-15(14)6-3-11-2-1-9-18-17(11)16/h1-2,5,8-10,19H,3-4,6-7H2. The van der Waals surface area contributed by atoms with Gasteiger partial charge in [-0.25, -0.2) is 0 Å². The molecule has 0 aliphatic heterocycles. The third-order valence-corrected chi connectivity index (χ3v) is 4.24. The summed E-state index contributed by atoms with van der Waals surface area (Å²) in [5, 5.41) is 9.61. The average molecular weight is 249 g/mol. The molecule has 0 saturated heterocycles. The molecule has 1 aromatic carbocycles. The van der Waals surface area contributed by atoms with E-state index in [1.165, 1.54) is 33.5 Å². The number of fused-ring (bicyclic) bond motifs is 4. The molecule has 19 heavy (non-hydrogen) atoms. The number of hydrogen-bond donors (Lipinski definition) is 1. The first-order chi connectivity index (χ1) is 9.33. The highest BCUT2D eigenvalue weighted by Gasteiger charge is 2.25. The number of aromatic hydroxyl groups is 1. The van der Waals surface area contributed by atoms with E-state index < -0.39 is 0 Å². The van der Waals surface area contributed by atoms with Gasteiger partial charge in [0, 0.05) is 6.20 Å². The SMILES string of the molecule is Oc1ccc2c(c1)CCC1=C2CCc2cccnc21. The Hall–Kier alpha value is -2.09. The molecule has 0 unspecified atom stereocenters. The topological polar surface area (TPSA) is 33.1 Å². The fourth-order valence-corrected chi connectivity index (χ4v) is 3.37. The van der Waals surface area contributed by atoms with E-state index in [0.29, 0.717) is 5.75 Å². The van der Waals surface area contributed by atoms with Gasteiger partial charge in [0.05, 0.1) is 5.69 Å². The third-order valence-electron chi connectivity index (χ3n) is 4.24. The van der Waals surface area contributed by atoms with Crippen molar-refractivity contribution in [1.29, 1.82) is 0 Å². The Balaban J connectivity index is 1.94. The maximum absolute atomic E-state index is 9.61. The van der Waals surface area contributed by atoms with Gasteiger partial charge in [-0.1, -0.05) is 12.1 Å². The van der Waals surface area contributed by atoms with Crippen molar-refractivity contribution in [1.82, 2.24) is 4.98 Å². The lowest BCUT2D eigenvalue weighted by atomic mass is 9.77. The van der Waals surface area contributed by atoms with Crippen molar-refractivity contribution in [2.75, 3.05) is 0 Å². The summed E-state index contributed by atoms with van der Waals surface area (Å²) in [4.78, 5) is 4.59. The minimum atomic E-state index is 0.372. The van der Waals surface area contributed by atoms with Gasteiger partial charge in [-0.05, 0) is 71.7 Å². The van der Waals surface area contributed by atoms with Crippen LogP contribution in [0, 0.1) is 0 Å². The molecule has 2 aliphatic rings. The van der Waals surface area contributed by atoms with Crippen LogP contribution in [0.25, 0.3) is 11.1 Å². The van der Waals surface area contributed by atoms with Gasteiger partial charge in [-0.15, -0.1) is 0 Å². The molecule has 0 saturated carbocycles. The largest absolute Gasteiger partial charge is 0.508 e. The minimum absolute atomic E-state index is 0.372. The van der Waals surface area contributed by atoms with E-state index in [0.717, 1.165) is 25.7 Å². The zero-order valence-electron chi connectivity index (χ0n) is 10.7. The summed E-state index contributed by atoms with van der Waals surface area (Å²) >= 11 is 0. The number of rotatable bonds is 0. The monoisotopic (exact) mass is 249 g/mol. The second kappa shape index (κ2) is 3.95. The molecule has 2 heteroatoms. The molecule has 4 rings (SSSR count). The Bertz CT molecular complexity index is 700. The molecule has 0 radical (unpaired) electrons. The smallest absolute Gasteiger partial charge is 0.115 e. The van der Waals surface area contributed by atoms with Crippen molar-refractivity contribution in [3.05, 3.63) is 58.9 Å². The van der Waals surface area contributed by atoms with Crippen molar-refractivity contribution in [2.45, 2.75) is 25.7 Å². The molecule has 1 N–H and O–H groups in total. The first kappa shape index (κ1) is 10.8. The fourth-order valence-electron chi connectivity index (χ4n) is 3.37. The second-order valence-electron chi connectivity index (χ2n) is 5.31. The zero-order chi connectivity index (χ0) is 12.8. The van der Waals surface area contributed by atoms with E-state index in [-0.39, 0.29) is 0 Å². The minimum Gasteiger partial charge on any atom is -0.508 e. The Morgan fingerprint density at radius 3 is 2.68 bits per heavy atom. The Kier molecular flexibility index (Phi) is 2.25. The van der Waals surface area contributed by atoms with Crippen LogP contribution in [-0.2, 0) is 12.8 Å². The maximum Gasteiger partial charge on any atom is 0.115 e. The van der Waals surface area contributed by atoms with Crippen LogP contribution in [-0.4, -0.2) is 10.1 Å². The van der Waals surface area contributed by atoms with Crippen LogP contribution < -0.4 is 0 Å². The Morgan fingerprint density at radius 2 is 1.74 bits per heavy atom. The highest BCUT2D eigenvalue weighted by atomic mass is 16.3. The number of hydrogen-bond acceptors (Lipinski definition) is 2.